The average molecular weight is 383 g/mol. The first-order valence-electron chi connectivity index (χ1n) is 8.74. The lowest BCUT2D eigenvalue weighted by Gasteiger charge is -2.25. The molecule has 2 aliphatic heterocycles. The highest BCUT2D eigenvalue weighted by Crippen LogP contribution is 2.37. The molecule has 1 aromatic rings. The molecule has 0 aliphatic carbocycles. The van der Waals surface area contributed by atoms with E-state index in [1.54, 1.807) is 0 Å². The number of hydrogen-bond acceptors (Lipinski definition) is 5. The Hall–Kier alpha value is -2.41. The van der Waals surface area contributed by atoms with Gasteiger partial charge in [0.1, 0.15) is 0 Å². The van der Waals surface area contributed by atoms with Gasteiger partial charge in [0.2, 0.25) is 0 Å². The Morgan fingerprint density at radius 3 is 2.81 bits per heavy atom. The molecule has 10 heteroatoms. The number of carbonyl (C=O) groups is 1. The number of amides is 1. The van der Waals surface area contributed by atoms with Crippen molar-refractivity contribution in [1.82, 2.24) is 15.1 Å². The van der Waals surface area contributed by atoms with Gasteiger partial charge in [0, 0.05) is 32.4 Å². The second-order valence-electron chi connectivity index (χ2n) is 6.61. The third-order valence-electron chi connectivity index (χ3n) is 4.65. The second kappa shape index (κ2) is 7.68. The van der Waals surface area contributed by atoms with E-state index in [2.05, 4.69) is 26.6 Å². The molecule has 7 nitrogen and oxygen atoms in total. The van der Waals surface area contributed by atoms with E-state index in [1.807, 2.05) is 0 Å². The standard InChI is InChI=1S/C17H20F3N5O2/c1-2-3-6-16(23-24-16)7-8-21-15(26)13-10-22-25(14(13)17(18,19)20)12-5-4-9-27-11-12/h1,10,12H,3-9,11H2,(H,21,26). The van der Waals surface area contributed by atoms with Crippen molar-refractivity contribution in [3.8, 4) is 12.3 Å². The van der Waals surface area contributed by atoms with Crippen LogP contribution < -0.4 is 5.32 Å². The molecule has 0 aromatic carbocycles. The van der Waals surface area contributed by atoms with Gasteiger partial charge in [0.15, 0.2) is 11.4 Å². The summed E-state index contributed by atoms with van der Waals surface area (Å²) in [4.78, 5) is 12.3. The Bertz CT molecular complexity index is 754. The van der Waals surface area contributed by atoms with Crippen molar-refractivity contribution in [1.29, 1.82) is 0 Å². The second-order valence-corrected chi connectivity index (χ2v) is 6.61. The predicted molar refractivity (Wildman–Crippen MR) is 88.9 cm³/mol. The van der Waals surface area contributed by atoms with Crippen LogP contribution in [0.1, 0.15) is 54.2 Å². The average Bonchev–Trinajstić information content (AvgIpc) is 3.25. The van der Waals surface area contributed by atoms with Crippen molar-refractivity contribution in [2.45, 2.75) is 50.0 Å². The van der Waals surface area contributed by atoms with Gasteiger partial charge in [0.25, 0.3) is 5.91 Å². The zero-order chi connectivity index (χ0) is 19.5. The van der Waals surface area contributed by atoms with Gasteiger partial charge in [-0.2, -0.15) is 28.5 Å². The third-order valence-corrected chi connectivity index (χ3v) is 4.65. The van der Waals surface area contributed by atoms with Crippen molar-refractivity contribution in [2.24, 2.45) is 10.2 Å². The smallest absolute Gasteiger partial charge is 0.379 e. The summed E-state index contributed by atoms with van der Waals surface area (Å²) in [5.41, 5.74) is -2.13. The summed E-state index contributed by atoms with van der Waals surface area (Å²) in [6.45, 7) is 0.807. The monoisotopic (exact) mass is 383 g/mol. The Morgan fingerprint density at radius 1 is 1.44 bits per heavy atom. The zero-order valence-corrected chi connectivity index (χ0v) is 14.6. The Balaban J connectivity index is 1.67. The van der Waals surface area contributed by atoms with Gasteiger partial charge in [0.05, 0.1) is 24.4 Å². The van der Waals surface area contributed by atoms with E-state index in [0.717, 1.165) is 10.9 Å². The normalized spacial score (nSPS) is 20.9. The zero-order valence-electron chi connectivity index (χ0n) is 14.6. The number of aromatic nitrogens is 2. The largest absolute Gasteiger partial charge is 0.433 e. The minimum Gasteiger partial charge on any atom is -0.379 e. The van der Waals surface area contributed by atoms with Crippen molar-refractivity contribution < 1.29 is 22.7 Å². The number of nitrogens with one attached hydrogen (secondary N) is 1. The van der Waals surface area contributed by atoms with E-state index in [9.17, 15) is 18.0 Å². The van der Waals surface area contributed by atoms with Crippen LogP contribution in [-0.4, -0.2) is 41.1 Å². The van der Waals surface area contributed by atoms with Gasteiger partial charge >= 0.3 is 6.18 Å². The first-order chi connectivity index (χ1) is 12.9. The van der Waals surface area contributed by atoms with Crippen LogP contribution in [0, 0.1) is 12.3 Å². The summed E-state index contributed by atoms with van der Waals surface area (Å²) in [6.07, 6.45) is 4.10. The molecule has 0 radical (unpaired) electrons. The van der Waals surface area contributed by atoms with Crippen molar-refractivity contribution >= 4 is 5.91 Å². The van der Waals surface area contributed by atoms with Crippen LogP contribution >= 0.6 is 0 Å². The highest BCUT2D eigenvalue weighted by Gasteiger charge is 2.42. The van der Waals surface area contributed by atoms with E-state index in [4.69, 9.17) is 11.2 Å². The molecule has 0 bridgehead atoms. The van der Waals surface area contributed by atoms with Gasteiger partial charge in [-0.05, 0) is 12.8 Å². The summed E-state index contributed by atoms with van der Waals surface area (Å²) < 4.78 is 46.9. The summed E-state index contributed by atoms with van der Waals surface area (Å²) >= 11 is 0. The van der Waals surface area contributed by atoms with E-state index in [1.165, 1.54) is 0 Å². The van der Waals surface area contributed by atoms with Crippen LogP contribution in [0.15, 0.2) is 16.4 Å². The number of halogens is 3. The fourth-order valence-corrected chi connectivity index (χ4v) is 3.14. The summed E-state index contributed by atoms with van der Waals surface area (Å²) in [7, 11) is 0. The quantitative estimate of drug-likeness (QED) is 0.735. The molecule has 1 unspecified atom stereocenters. The molecule has 0 spiro atoms. The predicted octanol–water partition coefficient (Wildman–Crippen LogP) is 2.95. The maximum atomic E-state index is 13.6. The van der Waals surface area contributed by atoms with Crippen LogP contribution in [0.25, 0.3) is 0 Å². The highest BCUT2D eigenvalue weighted by atomic mass is 19.4. The summed E-state index contributed by atoms with van der Waals surface area (Å²) in [6, 6.07) is -0.534. The molecule has 1 N–H and O–H groups in total. The topological polar surface area (TPSA) is 80.9 Å². The summed E-state index contributed by atoms with van der Waals surface area (Å²) in [5, 5.41) is 14.2. The number of rotatable bonds is 7. The molecule has 1 fully saturated rings. The fraction of sp³-hybridized carbons (Fsp3) is 0.647. The molecule has 0 saturated carbocycles. The Morgan fingerprint density at radius 2 is 2.22 bits per heavy atom. The SMILES string of the molecule is C#CCCC1(CCNC(=O)c2cnn(C3CCCOC3)c2C(F)(F)F)N=N1. The minimum atomic E-state index is -4.70. The van der Waals surface area contributed by atoms with E-state index < -0.39 is 35.0 Å². The van der Waals surface area contributed by atoms with Crippen LogP contribution in [0.2, 0.25) is 0 Å². The molecule has 2 aliphatic rings. The van der Waals surface area contributed by atoms with Gasteiger partial charge in [-0.15, -0.1) is 12.3 Å². The molecule has 1 atom stereocenters. The molecular weight excluding hydrogens is 363 g/mol. The maximum absolute atomic E-state index is 13.6. The maximum Gasteiger partial charge on any atom is 0.433 e. The number of alkyl halides is 3. The first kappa shape index (κ1) is 19.4. The van der Waals surface area contributed by atoms with Crippen LogP contribution in [0.3, 0.4) is 0 Å². The Kier molecular flexibility index (Phi) is 5.51. The van der Waals surface area contributed by atoms with Crippen molar-refractivity contribution in [3.05, 3.63) is 17.5 Å². The lowest BCUT2D eigenvalue weighted by atomic mass is 10.0. The summed E-state index contributed by atoms with van der Waals surface area (Å²) in [5.74, 6) is 1.67. The number of nitrogens with zero attached hydrogens (tertiary/aromatic N) is 4. The number of terminal acetylenes is 1. The molecule has 1 saturated heterocycles. The van der Waals surface area contributed by atoms with Gasteiger partial charge < -0.3 is 10.1 Å². The minimum absolute atomic E-state index is 0.144. The molecule has 3 rings (SSSR count). The highest BCUT2D eigenvalue weighted by molar-refractivity contribution is 5.95. The van der Waals surface area contributed by atoms with Crippen molar-refractivity contribution in [3.63, 3.8) is 0 Å². The Labute approximate surface area is 154 Å². The third kappa shape index (κ3) is 4.47. The molecule has 146 valence electrons. The van der Waals surface area contributed by atoms with E-state index in [-0.39, 0.29) is 13.2 Å². The van der Waals surface area contributed by atoms with Crippen LogP contribution in [0.5, 0.6) is 0 Å². The van der Waals surface area contributed by atoms with Gasteiger partial charge in [-0.3, -0.25) is 9.48 Å². The molecular formula is C17H20F3N5O2. The van der Waals surface area contributed by atoms with E-state index in [0.29, 0.717) is 38.7 Å². The number of carbonyl (C=O) groups excluding carboxylic acids is 1. The lowest BCUT2D eigenvalue weighted by molar-refractivity contribution is -0.146. The van der Waals surface area contributed by atoms with E-state index >= 15 is 0 Å². The molecule has 3 heterocycles. The van der Waals surface area contributed by atoms with Crippen LogP contribution in [-0.2, 0) is 10.9 Å². The molecule has 1 amide bonds. The first-order valence-corrected chi connectivity index (χ1v) is 8.74. The molecule has 27 heavy (non-hydrogen) atoms. The number of hydrogen-bond donors (Lipinski definition) is 1. The van der Waals surface area contributed by atoms with Gasteiger partial charge in [-0.25, -0.2) is 0 Å². The lowest BCUT2D eigenvalue weighted by Crippen LogP contribution is -2.31. The van der Waals surface area contributed by atoms with Crippen molar-refractivity contribution in [2.75, 3.05) is 19.8 Å². The molecule has 1 aromatic heterocycles. The number of ether oxygens (including phenoxy) is 1. The van der Waals surface area contributed by atoms with Crippen LogP contribution in [0.4, 0.5) is 13.2 Å². The fourth-order valence-electron chi connectivity index (χ4n) is 3.14. The van der Waals surface area contributed by atoms with Gasteiger partial charge in [-0.1, -0.05) is 0 Å².